The predicted molar refractivity (Wildman–Crippen MR) is 44.7 cm³/mol. The molecule has 3 nitrogen and oxygen atoms in total. The van der Waals surface area contributed by atoms with Crippen molar-refractivity contribution in [3.8, 4) is 0 Å². The lowest BCUT2D eigenvalue weighted by atomic mass is 10.4. The van der Waals surface area contributed by atoms with Gasteiger partial charge in [-0.05, 0) is 13.0 Å². The van der Waals surface area contributed by atoms with Crippen molar-refractivity contribution in [3.63, 3.8) is 0 Å². The normalized spacial score (nSPS) is 12.3. The van der Waals surface area contributed by atoms with E-state index in [-0.39, 0.29) is 11.9 Å². The molecule has 0 radical (unpaired) electrons. The van der Waals surface area contributed by atoms with Gasteiger partial charge in [-0.1, -0.05) is 0 Å². The second kappa shape index (κ2) is 3.65. The number of nitrogens with one attached hydrogen (secondary N) is 1. The van der Waals surface area contributed by atoms with Crippen LogP contribution in [0, 0.1) is 6.92 Å². The second-order valence-electron chi connectivity index (χ2n) is 2.65. The molecule has 0 saturated heterocycles. The molecule has 1 heterocycles. The van der Waals surface area contributed by atoms with Crippen molar-refractivity contribution in [2.24, 2.45) is 0 Å². The highest BCUT2D eigenvalue weighted by atomic mass is 19.4. The van der Waals surface area contributed by atoms with Crippen molar-refractivity contribution in [2.45, 2.75) is 13.1 Å². The van der Waals surface area contributed by atoms with E-state index in [4.69, 9.17) is 0 Å². The molecule has 14 heavy (non-hydrogen) atoms. The molecule has 0 spiro atoms. The Bertz CT molecular complexity index is 406. The molecule has 76 valence electrons. The standard InChI is InChI=1S/C8H7F3N2O/c1-5-4-7(14)13-6(12-5)2-3-8(9,10)11/h2-4H,1H3,(H,12,13,14). The van der Waals surface area contributed by atoms with Crippen LogP contribution in [-0.4, -0.2) is 16.1 Å². The monoisotopic (exact) mass is 204 g/mol. The van der Waals surface area contributed by atoms with Gasteiger partial charge in [-0.2, -0.15) is 13.2 Å². The van der Waals surface area contributed by atoms with E-state index in [2.05, 4.69) is 9.97 Å². The molecule has 1 aromatic heterocycles. The maximum absolute atomic E-state index is 11.7. The third-order valence-electron chi connectivity index (χ3n) is 1.32. The molecule has 0 aromatic carbocycles. The fourth-order valence-electron chi connectivity index (χ4n) is 0.855. The largest absolute Gasteiger partial charge is 0.409 e. The zero-order valence-corrected chi connectivity index (χ0v) is 7.22. The van der Waals surface area contributed by atoms with Gasteiger partial charge >= 0.3 is 6.18 Å². The quantitative estimate of drug-likeness (QED) is 0.756. The fourth-order valence-corrected chi connectivity index (χ4v) is 0.855. The Morgan fingerprint density at radius 1 is 1.50 bits per heavy atom. The molecule has 0 aliphatic heterocycles. The number of aromatic amines is 1. The van der Waals surface area contributed by atoms with Crippen LogP contribution in [0.3, 0.4) is 0 Å². The Hall–Kier alpha value is -1.59. The van der Waals surface area contributed by atoms with E-state index in [1.165, 1.54) is 13.0 Å². The number of aromatic nitrogens is 2. The average Bonchev–Trinajstić information content (AvgIpc) is 1.97. The number of hydrogen-bond donors (Lipinski definition) is 1. The first-order valence-corrected chi connectivity index (χ1v) is 3.71. The highest BCUT2D eigenvalue weighted by Gasteiger charge is 2.21. The van der Waals surface area contributed by atoms with Gasteiger partial charge in [0.15, 0.2) is 0 Å². The zero-order chi connectivity index (χ0) is 10.8. The number of rotatable bonds is 1. The molecular weight excluding hydrogens is 197 g/mol. The summed E-state index contributed by atoms with van der Waals surface area (Å²) in [5, 5.41) is 0. The van der Waals surface area contributed by atoms with Crippen molar-refractivity contribution in [1.82, 2.24) is 9.97 Å². The summed E-state index contributed by atoms with van der Waals surface area (Å²) >= 11 is 0. The number of hydrogen-bond acceptors (Lipinski definition) is 2. The second-order valence-corrected chi connectivity index (χ2v) is 2.65. The predicted octanol–water partition coefficient (Wildman–Crippen LogP) is 1.65. The van der Waals surface area contributed by atoms with Gasteiger partial charge in [-0.15, -0.1) is 0 Å². The van der Waals surface area contributed by atoms with Gasteiger partial charge in [-0.3, -0.25) is 4.79 Å². The van der Waals surface area contributed by atoms with Gasteiger partial charge in [0.1, 0.15) is 5.82 Å². The first-order valence-electron chi connectivity index (χ1n) is 3.71. The fraction of sp³-hybridized carbons (Fsp3) is 0.250. The minimum Gasteiger partial charge on any atom is -0.307 e. The highest BCUT2D eigenvalue weighted by molar-refractivity contribution is 5.40. The molecule has 6 heteroatoms. The van der Waals surface area contributed by atoms with Crippen LogP contribution in [0.5, 0.6) is 0 Å². The average molecular weight is 204 g/mol. The molecule has 0 unspecified atom stereocenters. The Labute approximate surface area is 77.3 Å². The van der Waals surface area contributed by atoms with Crippen molar-refractivity contribution >= 4 is 6.08 Å². The molecule has 0 saturated carbocycles. The summed E-state index contributed by atoms with van der Waals surface area (Å²) in [5.41, 5.74) is -0.102. The van der Waals surface area contributed by atoms with Crippen LogP contribution >= 0.6 is 0 Å². The van der Waals surface area contributed by atoms with E-state index in [0.717, 1.165) is 0 Å². The summed E-state index contributed by atoms with van der Waals surface area (Å²) in [4.78, 5) is 16.7. The Balaban J connectivity index is 2.98. The summed E-state index contributed by atoms with van der Waals surface area (Å²) in [5.74, 6) is -0.104. The third-order valence-corrected chi connectivity index (χ3v) is 1.32. The van der Waals surface area contributed by atoms with E-state index in [1.807, 2.05) is 0 Å². The van der Waals surface area contributed by atoms with Crippen molar-refractivity contribution < 1.29 is 13.2 Å². The molecule has 0 atom stereocenters. The topological polar surface area (TPSA) is 45.8 Å². The minimum atomic E-state index is -4.40. The number of alkyl halides is 3. The Morgan fingerprint density at radius 2 is 2.14 bits per heavy atom. The lowest BCUT2D eigenvalue weighted by Crippen LogP contribution is -2.09. The summed E-state index contributed by atoms with van der Waals surface area (Å²) < 4.78 is 35.2. The van der Waals surface area contributed by atoms with E-state index in [0.29, 0.717) is 11.8 Å². The van der Waals surface area contributed by atoms with Crippen LogP contribution in [-0.2, 0) is 0 Å². The molecule has 0 aliphatic rings. The van der Waals surface area contributed by atoms with Gasteiger partial charge in [0.2, 0.25) is 0 Å². The van der Waals surface area contributed by atoms with Gasteiger partial charge in [0, 0.05) is 17.8 Å². The number of allylic oxidation sites excluding steroid dienone is 1. The van der Waals surface area contributed by atoms with E-state index >= 15 is 0 Å². The van der Waals surface area contributed by atoms with E-state index < -0.39 is 11.7 Å². The summed E-state index contributed by atoms with van der Waals surface area (Å²) in [7, 11) is 0. The van der Waals surface area contributed by atoms with E-state index in [1.54, 1.807) is 0 Å². The van der Waals surface area contributed by atoms with Gasteiger partial charge in [-0.25, -0.2) is 4.98 Å². The molecular formula is C8H7F3N2O. The molecule has 1 rings (SSSR count). The van der Waals surface area contributed by atoms with Gasteiger partial charge in [0.25, 0.3) is 5.56 Å². The van der Waals surface area contributed by atoms with Crippen molar-refractivity contribution in [3.05, 3.63) is 34.0 Å². The summed E-state index contributed by atoms with van der Waals surface area (Å²) in [6.07, 6.45) is -3.67. The number of nitrogens with zero attached hydrogens (tertiary/aromatic N) is 1. The van der Waals surface area contributed by atoms with Crippen LogP contribution in [0.15, 0.2) is 16.9 Å². The third kappa shape index (κ3) is 3.42. The first-order chi connectivity index (χ1) is 6.37. The summed E-state index contributed by atoms with van der Waals surface area (Å²) in [6, 6.07) is 1.20. The zero-order valence-electron chi connectivity index (χ0n) is 7.22. The van der Waals surface area contributed by atoms with Crippen molar-refractivity contribution in [1.29, 1.82) is 0 Å². The molecule has 0 amide bonds. The number of halogens is 3. The van der Waals surface area contributed by atoms with Gasteiger partial charge in [0.05, 0.1) is 0 Å². The highest BCUT2D eigenvalue weighted by Crippen LogP contribution is 2.16. The molecule has 0 fully saturated rings. The molecule has 0 aliphatic carbocycles. The van der Waals surface area contributed by atoms with Crippen LogP contribution < -0.4 is 5.56 Å². The smallest absolute Gasteiger partial charge is 0.307 e. The Morgan fingerprint density at radius 3 is 2.64 bits per heavy atom. The van der Waals surface area contributed by atoms with Gasteiger partial charge < -0.3 is 4.98 Å². The van der Waals surface area contributed by atoms with Crippen LogP contribution in [0.2, 0.25) is 0 Å². The minimum absolute atomic E-state index is 0.0186. The molecule has 1 N–H and O–H groups in total. The SMILES string of the molecule is Cc1cc(=O)[nH]c(C=CC(F)(F)F)n1. The lowest BCUT2D eigenvalue weighted by Gasteiger charge is -1.98. The Kier molecular flexibility index (Phi) is 2.73. The summed E-state index contributed by atoms with van der Waals surface area (Å²) in [6.45, 7) is 1.53. The molecule has 1 aromatic rings. The maximum Gasteiger partial charge on any atom is 0.409 e. The first kappa shape index (κ1) is 10.5. The number of H-pyrrole nitrogens is 1. The molecule has 0 bridgehead atoms. The lowest BCUT2D eigenvalue weighted by molar-refractivity contribution is -0.0790. The van der Waals surface area contributed by atoms with E-state index in [9.17, 15) is 18.0 Å². The van der Waals surface area contributed by atoms with Crippen LogP contribution in [0.4, 0.5) is 13.2 Å². The maximum atomic E-state index is 11.7. The van der Waals surface area contributed by atoms with Crippen LogP contribution in [0.25, 0.3) is 6.08 Å². The number of aryl methyl sites for hydroxylation is 1. The van der Waals surface area contributed by atoms with Crippen molar-refractivity contribution in [2.75, 3.05) is 0 Å². The van der Waals surface area contributed by atoms with Crippen LogP contribution in [0.1, 0.15) is 11.5 Å².